The Morgan fingerprint density at radius 1 is 1.38 bits per heavy atom. The van der Waals surface area contributed by atoms with Gasteiger partial charge in [0.15, 0.2) is 0 Å². The van der Waals surface area contributed by atoms with Crippen molar-refractivity contribution in [3.05, 3.63) is 53.6 Å². The minimum absolute atomic E-state index is 0.101. The largest absolute Gasteiger partial charge is 0.341 e. The minimum Gasteiger partial charge on any atom is -0.341 e. The highest BCUT2D eigenvalue weighted by Crippen LogP contribution is 2.28. The first kappa shape index (κ1) is 13.8. The molecule has 1 amide bonds. The number of H-pyrrole nitrogens is 1. The van der Waals surface area contributed by atoms with Crippen molar-refractivity contribution in [1.29, 1.82) is 0 Å². The van der Waals surface area contributed by atoms with Crippen molar-refractivity contribution in [1.82, 2.24) is 15.1 Å². The molecule has 0 saturated carbocycles. The summed E-state index contributed by atoms with van der Waals surface area (Å²) in [4.78, 5) is 14.1. The Balaban J connectivity index is 1.52. The van der Waals surface area contributed by atoms with E-state index in [1.165, 1.54) is 12.1 Å². The lowest BCUT2D eigenvalue weighted by atomic mass is 9.93. The van der Waals surface area contributed by atoms with Gasteiger partial charge in [0.25, 0.3) is 0 Å². The maximum atomic E-state index is 12.9. The van der Waals surface area contributed by atoms with Crippen LogP contribution in [0.25, 0.3) is 0 Å². The number of amides is 1. The van der Waals surface area contributed by atoms with E-state index < -0.39 is 0 Å². The number of likely N-dealkylation sites (tertiary alicyclic amines) is 1. The van der Waals surface area contributed by atoms with Crippen molar-refractivity contribution >= 4 is 5.91 Å². The third-order valence-electron chi connectivity index (χ3n) is 4.12. The lowest BCUT2D eigenvalue weighted by molar-refractivity contribution is -0.136. The molecule has 1 aromatic carbocycles. The second-order valence-corrected chi connectivity index (χ2v) is 5.66. The van der Waals surface area contributed by atoms with Gasteiger partial charge in [-0.1, -0.05) is 19.1 Å². The maximum Gasteiger partial charge on any atom is 0.223 e. The van der Waals surface area contributed by atoms with Crippen LogP contribution in [0.4, 0.5) is 4.39 Å². The van der Waals surface area contributed by atoms with Gasteiger partial charge in [-0.15, -0.1) is 0 Å². The molecule has 1 aliphatic rings. The van der Waals surface area contributed by atoms with Crippen LogP contribution in [0.5, 0.6) is 0 Å². The number of nitrogens with one attached hydrogen (secondary N) is 1. The molecule has 0 spiro atoms. The molecule has 1 atom stereocenters. The van der Waals surface area contributed by atoms with E-state index in [4.69, 9.17) is 0 Å². The summed E-state index contributed by atoms with van der Waals surface area (Å²) in [5.41, 5.74) is 2.08. The van der Waals surface area contributed by atoms with Gasteiger partial charge in [0, 0.05) is 37.3 Å². The lowest BCUT2D eigenvalue weighted by Gasteiger charge is -2.39. The second-order valence-electron chi connectivity index (χ2n) is 5.66. The Hall–Kier alpha value is -2.17. The number of aromatic nitrogens is 2. The van der Waals surface area contributed by atoms with E-state index in [0.717, 1.165) is 24.3 Å². The highest BCUT2D eigenvalue weighted by molar-refractivity contribution is 5.78. The number of rotatable bonds is 4. The topological polar surface area (TPSA) is 49.0 Å². The molecule has 1 aromatic heterocycles. The number of benzene rings is 1. The van der Waals surface area contributed by atoms with Gasteiger partial charge in [-0.2, -0.15) is 5.10 Å². The third-order valence-corrected chi connectivity index (χ3v) is 4.12. The van der Waals surface area contributed by atoms with Gasteiger partial charge in [0.1, 0.15) is 5.82 Å². The summed E-state index contributed by atoms with van der Waals surface area (Å²) in [7, 11) is 0. The summed E-state index contributed by atoms with van der Waals surface area (Å²) in [6.07, 6.45) is 2.19. The van der Waals surface area contributed by atoms with E-state index in [-0.39, 0.29) is 17.6 Å². The van der Waals surface area contributed by atoms with Gasteiger partial charge in [0.2, 0.25) is 5.91 Å². The van der Waals surface area contributed by atoms with Crippen molar-refractivity contribution in [3.8, 4) is 0 Å². The van der Waals surface area contributed by atoms with Crippen LogP contribution < -0.4 is 0 Å². The Kier molecular flexibility index (Phi) is 3.73. The third kappa shape index (κ3) is 2.96. The number of halogens is 1. The van der Waals surface area contributed by atoms with Gasteiger partial charge in [0.05, 0.1) is 0 Å². The van der Waals surface area contributed by atoms with Crippen molar-refractivity contribution in [2.24, 2.45) is 0 Å². The summed E-state index contributed by atoms with van der Waals surface area (Å²) in [5.74, 6) is 0.381. The first-order valence-electron chi connectivity index (χ1n) is 7.16. The zero-order valence-electron chi connectivity index (χ0n) is 11.9. The number of carbonyl (C=O) groups excluding carboxylic acids is 1. The fraction of sp³-hybridized carbons (Fsp3) is 0.375. The first-order chi connectivity index (χ1) is 10.1. The van der Waals surface area contributed by atoms with Crippen molar-refractivity contribution in [2.45, 2.75) is 25.2 Å². The quantitative estimate of drug-likeness (QED) is 0.940. The SMILES string of the molecule is CC(CC(=O)N1CC(c2ccn[nH]2)C1)c1ccc(F)cc1. The van der Waals surface area contributed by atoms with E-state index >= 15 is 0 Å². The molecule has 110 valence electrons. The molecule has 1 unspecified atom stereocenters. The minimum atomic E-state index is -0.248. The molecular weight excluding hydrogens is 269 g/mol. The molecule has 0 radical (unpaired) electrons. The van der Waals surface area contributed by atoms with Crippen LogP contribution >= 0.6 is 0 Å². The summed E-state index contributed by atoms with van der Waals surface area (Å²) < 4.78 is 12.9. The van der Waals surface area contributed by atoms with Gasteiger partial charge < -0.3 is 4.90 Å². The van der Waals surface area contributed by atoms with Crippen molar-refractivity contribution in [3.63, 3.8) is 0 Å². The molecule has 1 saturated heterocycles. The van der Waals surface area contributed by atoms with Crippen LogP contribution in [0.1, 0.15) is 36.4 Å². The van der Waals surface area contributed by atoms with Crippen LogP contribution in [-0.2, 0) is 4.79 Å². The van der Waals surface area contributed by atoms with Crippen molar-refractivity contribution < 1.29 is 9.18 Å². The number of hydrogen-bond donors (Lipinski definition) is 1. The Morgan fingerprint density at radius 2 is 2.10 bits per heavy atom. The molecule has 0 aliphatic carbocycles. The Bertz CT molecular complexity index is 603. The van der Waals surface area contributed by atoms with Gasteiger partial charge in [-0.05, 0) is 29.7 Å². The highest BCUT2D eigenvalue weighted by atomic mass is 19.1. The molecule has 0 bridgehead atoms. The fourth-order valence-electron chi connectivity index (χ4n) is 2.67. The molecule has 1 aliphatic heterocycles. The predicted octanol–water partition coefficient (Wildman–Crippen LogP) is 2.67. The van der Waals surface area contributed by atoms with Crippen LogP contribution in [0.15, 0.2) is 36.5 Å². The predicted molar refractivity (Wildman–Crippen MR) is 77.3 cm³/mol. The van der Waals surface area contributed by atoms with Crippen LogP contribution in [0.2, 0.25) is 0 Å². The van der Waals surface area contributed by atoms with E-state index in [1.807, 2.05) is 17.9 Å². The van der Waals surface area contributed by atoms with Crippen LogP contribution in [0.3, 0.4) is 0 Å². The normalized spacial score (nSPS) is 16.6. The highest BCUT2D eigenvalue weighted by Gasteiger charge is 2.32. The van der Waals surface area contributed by atoms with Gasteiger partial charge in [-0.25, -0.2) is 4.39 Å². The lowest BCUT2D eigenvalue weighted by Crippen LogP contribution is -2.48. The number of carbonyl (C=O) groups is 1. The second kappa shape index (κ2) is 5.68. The van der Waals surface area contributed by atoms with Crippen molar-refractivity contribution in [2.75, 3.05) is 13.1 Å². The van der Waals surface area contributed by atoms with Crippen LogP contribution in [0, 0.1) is 5.82 Å². The molecule has 3 rings (SSSR count). The Morgan fingerprint density at radius 3 is 2.71 bits per heavy atom. The molecule has 1 fully saturated rings. The molecular formula is C16H18FN3O. The zero-order valence-corrected chi connectivity index (χ0v) is 11.9. The van der Waals surface area contributed by atoms with Crippen LogP contribution in [-0.4, -0.2) is 34.1 Å². The maximum absolute atomic E-state index is 12.9. The summed E-state index contributed by atoms with van der Waals surface area (Å²) in [5, 5.41) is 6.88. The van der Waals surface area contributed by atoms with E-state index in [9.17, 15) is 9.18 Å². The Labute approximate surface area is 123 Å². The monoisotopic (exact) mass is 287 g/mol. The van der Waals surface area contributed by atoms with E-state index in [2.05, 4.69) is 10.2 Å². The fourth-order valence-corrected chi connectivity index (χ4v) is 2.67. The average molecular weight is 287 g/mol. The number of aromatic amines is 1. The molecule has 2 heterocycles. The summed E-state index contributed by atoms with van der Waals surface area (Å²) in [6.45, 7) is 3.49. The molecule has 5 heteroatoms. The van der Waals surface area contributed by atoms with Gasteiger partial charge >= 0.3 is 0 Å². The zero-order chi connectivity index (χ0) is 14.8. The average Bonchev–Trinajstić information content (AvgIpc) is 2.91. The van der Waals surface area contributed by atoms with E-state index in [0.29, 0.717) is 12.3 Å². The van der Waals surface area contributed by atoms with Gasteiger partial charge in [-0.3, -0.25) is 9.89 Å². The molecule has 21 heavy (non-hydrogen) atoms. The smallest absolute Gasteiger partial charge is 0.223 e. The number of hydrogen-bond acceptors (Lipinski definition) is 2. The molecule has 2 aromatic rings. The summed E-state index contributed by atoms with van der Waals surface area (Å²) in [6, 6.07) is 8.32. The standard InChI is InChI=1S/C16H18FN3O/c1-11(12-2-4-14(17)5-3-12)8-16(21)20-9-13(10-20)15-6-7-18-19-15/h2-7,11,13H,8-10H2,1H3,(H,18,19). The first-order valence-corrected chi connectivity index (χ1v) is 7.16. The van der Waals surface area contributed by atoms with E-state index in [1.54, 1.807) is 18.3 Å². The summed E-state index contributed by atoms with van der Waals surface area (Å²) >= 11 is 0. The number of nitrogens with zero attached hydrogens (tertiary/aromatic N) is 2. The molecule has 4 nitrogen and oxygen atoms in total. The molecule has 1 N–H and O–H groups in total.